The molecule has 0 saturated carbocycles. The zero-order chi connectivity index (χ0) is 25.9. The van der Waals surface area contributed by atoms with E-state index in [1.54, 1.807) is 29.2 Å². The van der Waals surface area contributed by atoms with Crippen molar-refractivity contribution in [3.05, 3.63) is 89.6 Å². The highest BCUT2D eigenvalue weighted by Crippen LogP contribution is 2.30. The monoisotopic (exact) mass is 499 g/mol. The second-order valence-corrected chi connectivity index (χ2v) is 8.51. The summed E-state index contributed by atoms with van der Waals surface area (Å²) in [5, 5.41) is 0. The van der Waals surface area contributed by atoms with E-state index >= 15 is 0 Å². The Morgan fingerprint density at radius 1 is 1.00 bits per heavy atom. The van der Waals surface area contributed by atoms with Crippen molar-refractivity contribution in [2.24, 2.45) is 5.73 Å². The molecule has 36 heavy (non-hydrogen) atoms. The second-order valence-electron chi connectivity index (χ2n) is 8.51. The lowest BCUT2D eigenvalue weighted by Crippen LogP contribution is -2.41. The molecule has 1 unspecified atom stereocenters. The Morgan fingerprint density at radius 3 is 2.39 bits per heavy atom. The molecule has 0 aliphatic carbocycles. The van der Waals surface area contributed by atoms with Crippen molar-refractivity contribution in [2.75, 3.05) is 24.5 Å². The van der Waals surface area contributed by atoms with Crippen LogP contribution in [0.15, 0.2) is 67.0 Å². The number of nitrogens with two attached hydrogens (primary N) is 1. The molecule has 4 rings (SSSR count). The van der Waals surface area contributed by atoms with Crippen molar-refractivity contribution in [3.8, 4) is 0 Å². The molecule has 188 valence electrons. The predicted octanol–water partition coefficient (Wildman–Crippen LogP) is 4.59. The van der Waals surface area contributed by atoms with Crippen LogP contribution in [0.25, 0.3) is 11.3 Å². The van der Waals surface area contributed by atoms with E-state index in [1.165, 1.54) is 30.5 Å². The van der Waals surface area contributed by atoms with Gasteiger partial charge in [0.2, 0.25) is 0 Å². The van der Waals surface area contributed by atoms with E-state index in [1.807, 2.05) is 11.8 Å². The number of anilines is 1. The molecule has 0 radical (unpaired) electrons. The standard InChI is InChI=1S/C26H25F4N5O/c1-17-11-13-34(22-10-9-18(16-33-22)26(28,29)30)14-15-35(17)25(36)23(21-8-4-5-12-32-21)24(31)19-6-2-3-7-20(19)27/h2-10,12,16-17H,11,13-15,31H2,1H3/b24-23+. The Morgan fingerprint density at radius 2 is 1.75 bits per heavy atom. The summed E-state index contributed by atoms with van der Waals surface area (Å²) in [7, 11) is 0. The van der Waals surface area contributed by atoms with Crippen LogP contribution in [0.3, 0.4) is 0 Å². The summed E-state index contributed by atoms with van der Waals surface area (Å²) in [6, 6.07) is 13.1. The molecule has 3 heterocycles. The number of nitrogens with zero attached hydrogens (tertiary/aromatic N) is 4. The van der Waals surface area contributed by atoms with Crippen LogP contribution in [-0.2, 0) is 11.0 Å². The number of halogens is 4. The molecule has 0 bridgehead atoms. The van der Waals surface area contributed by atoms with Gasteiger partial charge >= 0.3 is 6.18 Å². The quantitative estimate of drug-likeness (QED) is 0.420. The van der Waals surface area contributed by atoms with E-state index < -0.39 is 23.5 Å². The van der Waals surface area contributed by atoms with Gasteiger partial charge in [0.15, 0.2) is 0 Å². The van der Waals surface area contributed by atoms with Gasteiger partial charge in [0.25, 0.3) is 5.91 Å². The SMILES string of the molecule is CC1CCN(c2ccc(C(F)(F)F)cn2)CCN1C(=O)/C(=C(/N)c1ccccc1F)c1ccccn1. The van der Waals surface area contributed by atoms with Gasteiger partial charge in [0.1, 0.15) is 11.6 Å². The van der Waals surface area contributed by atoms with Crippen molar-refractivity contribution < 1.29 is 22.4 Å². The van der Waals surface area contributed by atoms with Gasteiger partial charge in [-0.05, 0) is 49.7 Å². The first-order valence-corrected chi connectivity index (χ1v) is 11.4. The summed E-state index contributed by atoms with van der Waals surface area (Å²) >= 11 is 0. The molecule has 1 aliphatic heterocycles. The van der Waals surface area contributed by atoms with Crippen LogP contribution in [0, 0.1) is 5.82 Å². The molecular weight excluding hydrogens is 474 g/mol. The highest BCUT2D eigenvalue weighted by atomic mass is 19.4. The molecule has 3 aromatic rings. The summed E-state index contributed by atoms with van der Waals surface area (Å²) in [5.41, 5.74) is 6.05. The lowest BCUT2D eigenvalue weighted by atomic mass is 10.0. The highest BCUT2D eigenvalue weighted by Gasteiger charge is 2.32. The van der Waals surface area contributed by atoms with Crippen molar-refractivity contribution >= 4 is 23.0 Å². The Bertz CT molecular complexity index is 1250. The number of carbonyl (C=O) groups excluding carboxylic acids is 1. The third-order valence-corrected chi connectivity index (χ3v) is 6.19. The van der Waals surface area contributed by atoms with E-state index in [2.05, 4.69) is 9.97 Å². The van der Waals surface area contributed by atoms with Gasteiger partial charge in [-0.3, -0.25) is 9.78 Å². The van der Waals surface area contributed by atoms with Gasteiger partial charge in [-0.15, -0.1) is 0 Å². The first-order valence-electron chi connectivity index (χ1n) is 11.4. The van der Waals surface area contributed by atoms with E-state index in [4.69, 9.17) is 5.73 Å². The van der Waals surface area contributed by atoms with Crippen LogP contribution in [0.2, 0.25) is 0 Å². The molecule has 1 aliphatic rings. The minimum Gasteiger partial charge on any atom is -0.397 e. The molecule has 2 aromatic heterocycles. The number of hydrogen-bond acceptors (Lipinski definition) is 5. The van der Waals surface area contributed by atoms with Crippen LogP contribution >= 0.6 is 0 Å². The topological polar surface area (TPSA) is 75.4 Å². The zero-order valence-electron chi connectivity index (χ0n) is 19.5. The Balaban J connectivity index is 1.64. The van der Waals surface area contributed by atoms with E-state index in [0.717, 1.165) is 12.3 Å². The lowest BCUT2D eigenvalue weighted by molar-refractivity contribution is -0.137. The zero-order valence-corrected chi connectivity index (χ0v) is 19.5. The third-order valence-electron chi connectivity index (χ3n) is 6.19. The van der Waals surface area contributed by atoms with Crippen molar-refractivity contribution in [2.45, 2.75) is 25.6 Å². The van der Waals surface area contributed by atoms with Crippen molar-refractivity contribution in [1.82, 2.24) is 14.9 Å². The summed E-state index contributed by atoms with van der Waals surface area (Å²) in [6.07, 6.45) is -1.58. The number of rotatable bonds is 4. The predicted molar refractivity (Wildman–Crippen MR) is 129 cm³/mol. The van der Waals surface area contributed by atoms with Gasteiger partial charge in [-0.25, -0.2) is 9.37 Å². The molecule has 6 nitrogen and oxygen atoms in total. The van der Waals surface area contributed by atoms with Crippen LogP contribution in [0.1, 0.15) is 30.2 Å². The molecule has 1 fully saturated rings. The summed E-state index contributed by atoms with van der Waals surface area (Å²) in [6.45, 7) is 3.00. The molecule has 1 atom stereocenters. The number of pyridine rings is 2. The largest absolute Gasteiger partial charge is 0.417 e. The smallest absolute Gasteiger partial charge is 0.397 e. The number of amides is 1. The summed E-state index contributed by atoms with van der Waals surface area (Å²) in [5.74, 6) is -0.556. The maximum Gasteiger partial charge on any atom is 0.417 e. The van der Waals surface area contributed by atoms with Crippen LogP contribution < -0.4 is 10.6 Å². The lowest BCUT2D eigenvalue weighted by Gasteiger charge is -2.28. The average molecular weight is 500 g/mol. The van der Waals surface area contributed by atoms with Gasteiger partial charge in [-0.2, -0.15) is 13.2 Å². The number of carbonyl (C=O) groups is 1. The molecular formula is C26H25F4N5O. The minimum absolute atomic E-state index is 0.0190. The molecule has 10 heteroatoms. The fraction of sp³-hybridized carbons (Fsp3) is 0.269. The third kappa shape index (κ3) is 5.32. The maximum atomic E-state index is 14.6. The fourth-order valence-electron chi connectivity index (χ4n) is 4.16. The van der Waals surface area contributed by atoms with E-state index in [9.17, 15) is 22.4 Å². The summed E-state index contributed by atoms with van der Waals surface area (Å²) < 4.78 is 53.3. The van der Waals surface area contributed by atoms with Gasteiger partial charge in [0, 0.05) is 43.6 Å². The normalized spacial score (nSPS) is 17.4. The van der Waals surface area contributed by atoms with Gasteiger partial charge in [-0.1, -0.05) is 18.2 Å². The first-order chi connectivity index (χ1) is 17.2. The van der Waals surface area contributed by atoms with Crippen molar-refractivity contribution in [1.29, 1.82) is 0 Å². The second kappa shape index (κ2) is 10.3. The molecule has 2 N–H and O–H groups in total. The van der Waals surface area contributed by atoms with Crippen LogP contribution in [-0.4, -0.2) is 46.5 Å². The number of aromatic nitrogens is 2. The van der Waals surface area contributed by atoms with Crippen LogP contribution in [0.4, 0.5) is 23.4 Å². The Labute approximate surface area is 206 Å². The van der Waals surface area contributed by atoms with Gasteiger partial charge < -0.3 is 15.5 Å². The van der Waals surface area contributed by atoms with Gasteiger partial charge in [0.05, 0.1) is 22.5 Å². The maximum absolute atomic E-state index is 14.6. The number of alkyl halides is 3. The first kappa shape index (κ1) is 25.2. The fourth-order valence-corrected chi connectivity index (χ4v) is 4.16. The Kier molecular flexibility index (Phi) is 7.23. The Hall–Kier alpha value is -3.95. The molecule has 1 saturated heterocycles. The van der Waals surface area contributed by atoms with Crippen LogP contribution in [0.5, 0.6) is 0 Å². The summed E-state index contributed by atoms with van der Waals surface area (Å²) in [4.78, 5) is 25.6. The van der Waals surface area contributed by atoms with Crippen molar-refractivity contribution in [3.63, 3.8) is 0 Å². The molecule has 1 aromatic carbocycles. The van der Waals surface area contributed by atoms with E-state index in [-0.39, 0.29) is 29.4 Å². The molecule has 0 spiro atoms. The molecule has 1 amide bonds. The number of benzene rings is 1. The minimum atomic E-state index is -4.46. The average Bonchev–Trinajstić information content (AvgIpc) is 3.06. The number of hydrogen-bond donors (Lipinski definition) is 1. The highest BCUT2D eigenvalue weighted by molar-refractivity contribution is 6.26. The van der Waals surface area contributed by atoms with E-state index in [0.29, 0.717) is 31.0 Å².